The summed E-state index contributed by atoms with van der Waals surface area (Å²) in [7, 11) is 3.27. The Kier molecular flexibility index (Phi) is 5.11. The first-order chi connectivity index (χ1) is 15.0. The summed E-state index contributed by atoms with van der Waals surface area (Å²) in [6.45, 7) is 4.26. The first-order valence-electron chi connectivity index (χ1n) is 10.7. The van der Waals surface area contributed by atoms with Gasteiger partial charge in [-0.3, -0.25) is 14.6 Å². The number of imide groups is 1. The van der Waals surface area contributed by atoms with Crippen LogP contribution in [-0.4, -0.2) is 96.5 Å². The van der Waals surface area contributed by atoms with Crippen LogP contribution in [-0.2, 0) is 16.1 Å². The van der Waals surface area contributed by atoms with Crippen molar-refractivity contribution in [3.05, 3.63) is 48.0 Å². The zero-order chi connectivity index (χ0) is 21.5. The average molecular weight is 422 g/mol. The van der Waals surface area contributed by atoms with Crippen LogP contribution in [0.25, 0.3) is 10.8 Å². The van der Waals surface area contributed by atoms with E-state index in [2.05, 4.69) is 40.1 Å². The third-order valence-corrected chi connectivity index (χ3v) is 6.49. The maximum Gasteiger partial charge on any atom is 0.328 e. The number of hydrogen-bond acceptors (Lipinski definition) is 6. The van der Waals surface area contributed by atoms with Crippen molar-refractivity contribution < 1.29 is 14.3 Å². The van der Waals surface area contributed by atoms with Crippen LogP contribution in [0.1, 0.15) is 5.56 Å². The summed E-state index contributed by atoms with van der Waals surface area (Å²) >= 11 is 0. The van der Waals surface area contributed by atoms with Gasteiger partial charge in [0.1, 0.15) is 5.84 Å². The zero-order valence-electron chi connectivity index (χ0n) is 17.9. The lowest BCUT2D eigenvalue weighted by atomic mass is 10.0. The second kappa shape index (κ2) is 7.94. The molecule has 2 atom stereocenters. The third kappa shape index (κ3) is 3.45. The number of ether oxygens (including phenoxy) is 1. The van der Waals surface area contributed by atoms with E-state index in [1.807, 2.05) is 12.1 Å². The van der Waals surface area contributed by atoms with Gasteiger partial charge in [0, 0.05) is 33.7 Å². The highest BCUT2D eigenvalue weighted by molar-refractivity contribution is 6.04. The number of rotatable bonds is 4. The van der Waals surface area contributed by atoms with Gasteiger partial charge in [0.05, 0.1) is 19.8 Å². The van der Waals surface area contributed by atoms with Crippen LogP contribution in [0.3, 0.4) is 0 Å². The van der Waals surface area contributed by atoms with Gasteiger partial charge in [-0.1, -0.05) is 42.5 Å². The van der Waals surface area contributed by atoms with Crippen molar-refractivity contribution in [1.29, 1.82) is 0 Å². The van der Waals surface area contributed by atoms with Gasteiger partial charge in [-0.15, -0.1) is 0 Å². The molecule has 2 saturated heterocycles. The third-order valence-electron chi connectivity index (χ3n) is 6.49. The molecule has 8 heteroatoms. The van der Waals surface area contributed by atoms with Gasteiger partial charge in [0.25, 0.3) is 5.91 Å². The number of urea groups is 1. The van der Waals surface area contributed by atoms with Gasteiger partial charge >= 0.3 is 6.03 Å². The molecule has 0 radical (unpaired) electrons. The lowest BCUT2D eigenvalue weighted by molar-refractivity contribution is -0.136. The van der Waals surface area contributed by atoms with Crippen molar-refractivity contribution in [2.75, 3.05) is 46.9 Å². The van der Waals surface area contributed by atoms with E-state index in [0.717, 1.165) is 24.5 Å². The van der Waals surface area contributed by atoms with Crippen LogP contribution in [0.2, 0.25) is 0 Å². The summed E-state index contributed by atoms with van der Waals surface area (Å²) in [6, 6.07) is 13.7. The van der Waals surface area contributed by atoms with Gasteiger partial charge < -0.3 is 14.5 Å². The molecule has 3 aliphatic rings. The maximum absolute atomic E-state index is 13.2. The van der Waals surface area contributed by atoms with Crippen LogP contribution in [0.15, 0.2) is 47.5 Å². The molecule has 162 valence electrons. The Morgan fingerprint density at radius 3 is 2.55 bits per heavy atom. The quantitative estimate of drug-likeness (QED) is 0.750. The first-order valence-corrected chi connectivity index (χ1v) is 10.7. The fraction of sp³-hybridized carbons (Fsp3) is 0.435. The van der Waals surface area contributed by atoms with E-state index in [9.17, 15) is 9.59 Å². The van der Waals surface area contributed by atoms with Crippen molar-refractivity contribution >= 4 is 28.5 Å². The molecule has 0 N–H and O–H groups in total. The molecule has 31 heavy (non-hydrogen) atoms. The highest BCUT2D eigenvalue weighted by Crippen LogP contribution is 2.30. The predicted molar refractivity (Wildman–Crippen MR) is 118 cm³/mol. The highest BCUT2D eigenvalue weighted by Gasteiger charge is 2.51. The number of likely N-dealkylation sites (N-methyl/N-ethyl adjacent to an activating group) is 2. The molecule has 0 spiro atoms. The number of benzene rings is 2. The molecule has 5 rings (SSSR count). The summed E-state index contributed by atoms with van der Waals surface area (Å²) in [5.41, 5.74) is 1.14. The molecule has 2 unspecified atom stereocenters. The molecule has 0 bridgehead atoms. The fourth-order valence-electron chi connectivity index (χ4n) is 4.72. The lowest BCUT2D eigenvalue weighted by Gasteiger charge is -2.40. The van der Waals surface area contributed by atoms with Crippen LogP contribution in [0.5, 0.6) is 0 Å². The minimum absolute atomic E-state index is 0.200. The van der Waals surface area contributed by atoms with E-state index in [1.165, 1.54) is 15.7 Å². The Morgan fingerprint density at radius 1 is 1.00 bits per heavy atom. The Balaban J connectivity index is 1.51. The van der Waals surface area contributed by atoms with Crippen molar-refractivity contribution in [3.8, 4) is 0 Å². The van der Waals surface area contributed by atoms with Crippen molar-refractivity contribution in [2.24, 2.45) is 4.99 Å². The van der Waals surface area contributed by atoms with Crippen molar-refractivity contribution in [2.45, 2.75) is 18.8 Å². The van der Waals surface area contributed by atoms with E-state index in [0.29, 0.717) is 26.3 Å². The number of carbonyl (C=O) groups excluding carboxylic acids is 2. The molecule has 3 heterocycles. The Hall–Kier alpha value is -2.97. The Morgan fingerprint density at radius 2 is 1.74 bits per heavy atom. The normalized spacial score (nSPS) is 24.7. The molecule has 2 aromatic carbocycles. The lowest BCUT2D eigenvalue weighted by Crippen LogP contribution is -2.64. The molecular weight excluding hydrogens is 394 g/mol. The van der Waals surface area contributed by atoms with Crippen LogP contribution >= 0.6 is 0 Å². The Bertz CT molecular complexity index is 1040. The van der Waals surface area contributed by atoms with Crippen LogP contribution in [0.4, 0.5) is 4.79 Å². The second-order valence-corrected chi connectivity index (χ2v) is 8.35. The predicted octanol–water partition coefficient (Wildman–Crippen LogP) is 1.60. The highest BCUT2D eigenvalue weighted by atomic mass is 16.5. The number of aliphatic imine (C=N–C) groups is 1. The maximum atomic E-state index is 13.2. The van der Waals surface area contributed by atoms with E-state index in [4.69, 9.17) is 9.73 Å². The van der Waals surface area contributed by atoms with Gasteiger partial charge in [-0.2, -0.15) is 0 Å². The van der Waals surface area contributed by atoms with Crippen molar-refractivity contribution in [3.63, 3.8) is 0 Å². The number of amides is 3. The number of carbonyl (C=O) groups is 2. The molecular formula is C23H27N5O3. The SMILES string of the molecule is CN1C(=O)C2C(N=C(CN3CCOCC3)N2Cc2cccc3ccccc23)N(C)C1=O. The molecule has 0 aliphatic carbocycles. The minimum Gasteiger partial charge on any atom is -0.379 e. The smallest absolute Gasteiger partial charge is 0.328 e. The zero-order valence-corrected chi connectivity index (χ0v) is 17.9. The fourth-order valence-corrected chi connectivity index (χ4v) is 4.72. The monoisotopic (exact) mass is 421 g/mol. The summed E-state index contributed by atoms with van der Waals surface area (Å²) in [5, 5.41) is 2.34. The number of amidine groups is 1. The van der Waals surface area contributed by atoms with Crippen LogP contribution in [0, 0.1) is 0 Å². The summed E-state index contributed by atoms with van der Waals surface area (Å²) < 4.78 is 5.48. The van der Waals surface area contributed by atoms with Gasteiger partial charge in [-0.25, -0.2) is 9.79 Å². The molecule has 0 saturated carbocycles. The number of fused-ring (bicyclic) bond motifs is 2. The number of morpholine rings is 1. The Labute approximate surface area is 181 Å². The summed E-state index contributed by atoms with van der Waals surface area (Å²) in [5.74, 6) is 0.655. The molecule has 0 aromatic heterocycles. The number of nitrogens with zero attached hydrogens (tertiary/aromatic N) is 5. The molecule has 3 amide bonds. The summed E-state index contributed by atoms with van der Waals surface area (Å²) in [6.07, 6.45) is -0.498. The van der Waals surface area contributed by atoms with Crippen LogP contribution < -0.4 is 0 Å². The first kappa shape index (κ1) is 20.0. The van der Waals surface area contributed by atoms with Crippen molar-refractivity contribution in [1.82, 2.24) is 19.6 Å². The van der Waals surface area contributed by atoms with Gasteiger partial charge in [0.15, 0.2) is 12.2 Å². The largest absolute Gasteiger partial charge is 0.379 e. The van der Waals surface area contributed by atoms with Gasteiger partial charge in [0.2, 0.25) is 0 Å². The minimum atomic E-state index is -0.511. The summed E-state index contributed by atoms with van der Waals surface area (Å²) in [4.78, 5) is 37.8. The van der Waals surface area contributed by atoms with E-state index >= 15 is 0 Å². The molecule has 3 aliphatic heterocycles. The topological polar surface area (TPSA) is 68.7 Å². The molecule has 2 aromatic rings. The average Bonchev–Trinajstić information content (AvgIpc) is 3.15. The molecule has 2 fully saturated rings. The van der Waals surface area contributed by atoms with E-state index in [-0.39, 0.29) is 11.9 Å². The van der Waals surface area contributed by atoms with E-state index in [1.54, 1.807) is 19.0 Å². The van der Waals surface area contributed by atoms with Gasteiger partial charge in [-0.05, 0) is 16.3 Å². The molecule has 8 nitrogen and oxygen atoms in total. The second-order valence-electron chi connectivity index (χ2n) is 8.35. The standard InChI is InChI=1S/C23H27N5O3/c1-25-21-20(22(29)26(2)23(25)30)28(19(24-21)15-27-10-12-31-13-11-27)14-17-8-5-7-16-6-3-4-9-18(16)17/h3-9,20-21H,10-15H2,1-2H3. The van der Waals surface area contributed by atoms with E-state index < -0.39 is 12.2 Å². The number of hydrogen-bond donors (Lipinski definition) is 0.